The SMILES string of the molecule is CC(C)(C)NC(=O)C1C[C@@H]2CCCCC2CN1CC(O)C(Cc1ccccc1)NC(=O)[C@@H](NC(=O)Cn1cccc1)C(C)(C)C=O. The number of nitrogens with zero attached hydrogens (tertiary/aromatic N) is 2. The smallest absolute Gasteiger partial charge is 0.243 e. The predicted octanol–water partition coefficient (Wildman–Crippen LogP) is 3.08. The molecule has 6 atom stereocenters. The van der Waals surface area contributed by atoms with E-state index in [1.54, 1.807) is 42.9 Å². The highest BCUT2D eigenvalue weighted by atomic mass is 16.3. The van der Waals surface area contributed by atoms with Gasteiger partial charge in [-0.3, -0.25) is 19.3 Å². The third kappa shape index (κ3) is 9.75. The largest absolute Gasteiger partial charge is 0.390 e. The van der Waals surface area contributed by atoms with Crippen LogP contribution in [-0.2, 0) is 32.1 Å². The highest BCUT2D eigenvalue weighted by Crippen LogP contribution is 2.39. The van der Waals surface area contributed by atoms with E-state index in [-0.39, 0.29) is 30.6 Å². The van der Waals surface area contributed by atoms with Gasteiger partial charge in [-0.2, -0.15) is 0 Å². The maximum atomic E-state index is 13.9. The number of aldehydes is 1. The van der Waals surface area contributed by atoms with Gasteiger partial charge in [0.05, 0.1) is 18.2 Å². The molecule has 1 saturated carbocycles. The van der Waals surface area contributed by atoms with Gasteiger partial charge in [-0.15, -0.1) is 0 Å². The first-order chi connectivity index (χ1) is 21.8. The van der Waals surface area contributed by atoms with Crippen molar-refractivity contribution in [1.82, 2.24) is 25.4 Å². The molecule has 4 unspecified atom stereocenters. The Balaban J connectivity index is 1.56. The van der Waals surface area contributed by atoms with Crippen LogP contribution >= 0.6 is 0 Å². The molecule has 10 heteroatoms. The van der Waals surface area contributed by atoms with Crippen molar-refractivity contribution in [1.29, 1.82) is 0 Å². The summed E-state index contributed by atoms with van der Waals surface area (Å²) in [5.74, 6) is -0.0414. The third-order valence-corrected chi connectivity index (χ3v) is 9.42. The number of aromatic nitrogens is 1. The number of hydrogen-bond acceptors (Lipinski definition) is 6. The summed E-state index contributed by atoms with van der Waals surface area (Å²) in [6.07, 6.45) is 8.81. The lowest BCUT2D eigenvalue weighted by Gasteiger charge is -2.47. The van der Waals surface area contributed by atoms with Gasteiger partial charge in [0.25, 0.3) is 0 Å². The van der Waals surface area contributed by atoms with Crippen LogP contribution in [0.5, 0.6) is 0 Å². The van der Waals surface area contributed by atoms with Crippen molar-refractivity contribution in [2.75, 3.05) is 13.1 Å². The van der Waals surface area contributed by atoms with Crippen molar-refractivity contribution in [3.63, 3.8) is 0 Å². The lowest BCUT2D eigenvalue weighted by atomic mass is 9.72. The molecule has 1 aliphatic carbocycles. The third-order valence-electron chi connectivity index (χ3n) is 9.42. The second-order valence-corrected chi connectivity index (χ2v) is 14.9. The summed E-state index contributed by atoms with van der Waals surface area (Å²) < 4.78 is 1.68. The first-order valence-electron chi connectivity index (χ1n) is 16.7. The highest BCUT2D eigenvalue weighted by molar-refractivity contribution is 5.91. The summed E-state index contributed by atoms with van der Waals surface area (Å²) in [5.41, 5.74) is -0.680. The van der Waals surface area contributed by atoms with Crippen molar-refractivity contribution in [2.45, 2.75) is 109 Å². The van der Waals surface area contributed by atoms with Crippen molar-refractivity contribution in [3.05, 3.63) is 60.4 Å². The zero-order chi connectivity index (χ0) is 33.5. The summed E-state index contributed by atoms with van der Waals surface area (Å²) in [6.45, 7) is 10.0. The molecule has 4 rings (SSSR count). The lowest BCUT2D eigenvalue weighted by molar-refractivity contribution is -0.136. The van der Waals surface area contributed by atoms with Crippen LogP contribution < -0.4 is 16.0 Å². The second kappa shape index (κ2) is 15.4. The maximum absolute atomic E-state index is 13.9. The first kappa shape index (κ1) is 35.4. The number of aliphatic hydroxyl groups is 1. The Hall–Kier alpha value is -3.50. The van der Waals surface area contributed by atoms with Crippen LogP contribution in [0.25, 0.3) is 0 Å². The van der Waals surface area contributed by atoms with Gasteiger partial charge in [-0.25, -0.2) is 0 Å². The van der Waals surface area contributed by atoms with Crippen LogP contribution in [-0.4, -0.2) is 81.4 Å². The fraction of sp³-hybridized carbons (Fsp3) is 0.611. The standard InChI is InChI=1S/C36H53N5O5/c1-35(2,3)39-33(45)29-20-26-15-9-10-16-27(26)21-41(29)22-30(43)28(19-25-13-7-6-8-14-25)37-34(46)32(36(4,5)24-42)38-31(44)23-40-17-11-12-18-40/h6-8,11-14,17-18,24,26-30,32,43H,9-10,15-16,19-23H2,1-5H3,(H,37,46)(H,38,44)(H,39,45)/t26-,27?,28?,29?,30?,32+/m0/s1. The van der Waals surface area contributed by atoms with E-state index in [0.29, 0.717) is 31.1 Å². The molecule has 1 aromatic carbocycles. The van der Waals surface area contributed by atoms with Crippen LogP contribution in [0.15, 0.2) is 54.9 Å². The highest BCUT2D eigenvalue weighted by Gasteiger charge is 2.43. The molecular formula is C36H53N5O5. The normalized spacial score (nSPS) is 22.5. The maximum Gasteiger partial charge on any atom is 0.243 e. The molecule has 3 amide bonds. The van der Waals surface area contributed by atoms with Crippen molar-refractivity contribution in [2.24, 2.45) is 17.3 Å². The van der Waals surface area contributed by atoms with E-state index in [1.165, 1.54) is 12.8 Å². The number of aliphatic hydroxyl groups excluding tert-OH is 1. The molecule has 4 N–H and O–H groups in total. The van der Waals surface area contributed by atoms with E-state index in [9.17, 15) is 24.3 Å². The van der Waals surface area contributed by atoms with Crippen LogP contribution in [0.1, 0.15) is 72.3 Å². The molecule has 0 spiro atoms. The number of β-amino-alcohol motifs (C(OH)–C–C–N with tert-alkyl or cyclic N) is 1. The van der Waals surface area contributed by atoms with Gasteiger partial charge in [-0.05, 0) is 69.6 Å². The van der Waals surface area contributed by atoms with E-state index < -0.39 is 35.4 Å². The van der Waals surface area contributed by atoms with Crippen LogP contribution in [0, 0.1) is 17.3 Å². The Labute approximate surface area is 273 Å². The number of fused-ring (bicyclic) bond motifs is 1. The van der Waals surface area contributed by atoms with Gasteiger partial charge in [0, 0.05) is 36.4 Å². The van der Waals surface area contributed by atoms with E-state index in [0.717, 1.165) is 24.8 Å². The van der Waals surface area contributed by atoms with Gasteiger partial charge in [0.2, 0.25) is 17.7 Å². The zero-order valence-electron chi connectivity index (χ0n) is 28.1. The quantitative estimate of drug-likeness (QED) is 0.250. The molecule has 0 bridgehead atoms. The first-order valence-corrected chi connectivity index (χ1v) is 16.7. The summed E-state index contributed by atoms with van der Waals surface area (Å²) in [6, 6.07) is 10.9. The molecular weight excluding hydrogens is 582 g/mol. The second-order valence-electron chi connectivity index (χ2n) is 14.9. The fourth-order valence-corrected chi connectivity index (χ4v) is 6.92. The molecule has 0 radical (unpaired) electrons. The van der Waals surface area contributed by atoms with E-state index in [4.69, 9.17) is 0 Å². The van der Waals surface area contributed by atoms with Crippen molar-refractivity contribution < 1.29 is 24.3 Å². The molecule has 2 heterocycles. The monoisotopic (exact) mass is 635 g/mol. The van der Waals surface area contributed by atoms with Gasteiger partial charge in [0.15, 0.2) is 0 Å². The number of benzene rings is 1. The lowest BCUT2D eigenvalue weighted by Crippen LogP contribution is -2.62. The minimum absolute atomic E-state index is 0.00305. The number of piperidine rings is 1. The number of rotatable bonds is 13. The Morgan fingerprint density at radius 3 is 2.24 bits per heavy atom. The summed E-state index contributed by atoms with van der Waals surface area (Å²) in [5, 5.41) is 20.8. The van der Waals surface area contributed by atoms with E-state index in [2.05, 4.69) is 20.9 Å². The molecule has 252 valence electrons. The molecule has 10 nitrogen and oxygen atoms in total. The number of likely N-dealkylation sites (tertiary alicyclic amines) is 1. The summed E-state index contributed by atoms with van der Waals surface area (Å²) in [4.78, 5) is 54.7. The average Bonchev–Trinajstić information content (AvgIpc) is 3.51. The molecule has 2 fully saturated rings. The van der Waals surface area contributed by atoms with Gasteiger partial charge < -0.3 is 30.4 Å². The Morgan fingerprint density at radius 1 is 0.957 bits per heavy atom. The molecule has 1 aromatic heterocycles. The van der Waals surface area contributed by atoms with E-state index >= 15 is 0 Å². The molecule has 46 heavy (non-hydrogen) atoms. The number of amides is 3. The minimum atomic E-state index is -1.21. The Morgan fingerprint density at radius 2 is 1.61 bits per heavy atom. The zero-order valence-corrected chi connectivity index (χ0v) is 28.1. The predicted molar refractivity (Wildman–Crippen MR) is 178 cm³/mol. The minimum Gasteiger partial charge on any atom is -0.390 e. The van der Waals surface area contributed by atoms with Gasteiger partial charge in [-0.1, -0.05) is 63.4 Å². The molecule has 2 aliphatic rings. The van der Waals surface area contributed by atoms with Crippen molar-refractivity contribution >= 4 is 24.0 Å². The Bertz CT molecular complexity index is 1310. The van der Waals surface area contributed by atoms with Crippen LogP contribution in [0.3, 0.4) is 0 Å². The average molecular weight is 636 g/mol. The summed E-state index contributed by atoms with van der Waals surface area (Å²) >= 11 is 0. The Kier molecular flexibility index (Phi) is 11.8. The van der Waals surface area contributed by atoms with Gasteiger partial charge >= 0.3 is 0 Å². The number of hydrogen-bond donors (Lipinski definition) is 4. The number of nitrogens with one attached hydrogen (secondary N) is 3. The molecule has 1 aliphatic heterocycles. The number of carbonyl (C=O) groups excluding carboxylic acids is 4. The van der Waals surface area contributed by atoms with E-state index in [1.807, 2.05) is 51.1 Å². The summed E-state index contributed by atoms with van der Waals surface area (Å²) in [7, 11) is 0. The van der Waals surface area contributed by atoms with Crippen molar-refractivity contribution in [3.8, 4) is 0 Å². The van der Waals surface area contributed by atoms with Crippen LogP contribution in [0.2, 0.25) is 0 Å². The fourth-order valence-electron chi connectivity index (χ4n) is 6.92. The molecule has 2 aromatic rings. The van der Waals surface area contributed by atoms with Gasteiger partial charge in [0.1, 0.15) is 18.9 Å². The molecule has 1 saturated heterocycles. The van der Waals surface area contributed by atoms with Crippen LogP contribution in [0.4, 0.5) is 0 Å². The number of carbonyl (C=O) groups is 4. The topological polar surface area (TPSA) is 133 Å².